The molecule has 4 N–H and O–H groups in total. The summed E-state index contributed by atoms with van der Waals surface area (Å²) in [7, 11) is 0. The van der Waals surface area contributed by atoms with E-state index < -0.39 is 23.7 Å². The third-order valence-electron chi connectivity index (χ3n) is 1.54. The summed E-state index contributed by atoms with van der Waals surface area (Å²) in [6.45, 7) is 5.21. The number of amides is 1. The molecule has 0 spiro atoms. The third kappa shape index (κ3) is 7.05. The molecule has 0 aromatic rings. The summed E-state index contributed by atoms with van der Waals surface area (Å²) in [5.74, 6) is -1.43. The predicted molar refractivity (Wildman–Crippen MR) is 59.1 cm³/mol. The molecule has 0 fully saturated rings. The Morgan fingerprint density at radius 1 is 1.56 bits per heavy atom. The van der Waals surface area contributed by atoms with Crippen LogP contribution in [0.2, 0.25) is 0 Å². The lowest BCUT2D eigenvalue weighted by molar-refractivity contribution is -0.139. The van der Waals surface area contributed by atoms with Crippen molar-refractivity contribution >= 4 is 12.1 Å². The van der Waals surface area contributed by atoms with Crippen molar-refractivity contribution in [2.45, 2.75) is 45.2 Å². The van der Waals surface area contributed by atoms with E-state index in [9.17, 15) is 9.59 Å². The molecule has 94 valence electrons. The average molecular weight is 233 g/mol. The molecule has 16 heavy (non-hydrogen) atoms. The molecule has 0 aliphatic carbocycles. The van der Waals surface area contributed by atoms with E-state index in [2.05, 4.69) is 0 Å². The zero-order valence-electron chi connectivity index (χ0n) is 10.9. The van der Waals surface area contributed by atoms with Gasteiger partial charge in [0.2, 0.25) is 0 Å². The minimum absolute atomic E-state index is 0.0714. The maximum Gasteiger partial charge on any atom is 0.408 e. The van der Waals surface area contributed by atoms with Gasteiger partial charge in [0.1, 0.15) is 11.6 Å². The van der Waals surface area contributed by atoms with Crippen molar-refractivity contribution in [3.05, 3.63) is 0 Å². The molecule has 0 heterocycles. The number of nitrogens with one attached hydrogen (secondary N) is 1. The fraction of sp³-hybridized carbons (Fsp3) is 0.800. The van der Waals surface area contributed by atoms with Gasteiger partial charge in [-0.05, 0) is 40.2 Å². The van der Waals surface area contributed by atoms with Crippen LogP contribution in [0.3, 0.4) is 0 Å². The van der Waals surface area contributed by atoms with Crippen LogP contribution in [-0.4, -0.2) is 35.3 Å². The van der Waals surface area contributed by atoms with Crippen LogP contribution in [0.15, 0.2) is 0 Å². The van der Waals surface area contributed by atoms with Gasteiger partial charge >= 0.3 is 12.1 Å². The number of nitrogens with two attached hydrogens (primary N) is 1. The minimum Gasteiger partial charge on any atom is -0.480 e. The maximum absolute atomic E-state index is 11.4. The van der Waals surface area contributed by atoms with Gasteiger partial charge in [-0.15, -0.1) is 0 Å². The molecule has 0 radical (unpaired) electrons. The summed E-state index contributed by atoms with van der Waals surface area (Å²) in [5.41, 5.74) is 4.51. The van der Waals surface area contributed by atoms with Crippen molar-refractivity contribution in [3.8, 4) is 0 Å². The Kier molecular flexibility index (Phi) is 5.04. The van der Waals surface area contributed by atoms with Gasteiger partial charge < -0.3 is 20.9 Å². The number of carbonyl (C=O) groups is 2. The van der Waals surface area contributed by atoms with Crippen LogP contribution >= 0.6 is 0 Å². The van der Waals surface area contributed by atoms with Crippen molar-refractivity contribution in [2.24, 2.45) is 5.73 Å². The number of ether oxygens (including phenoxy) is 1. The minimum atomic E-state index is -2.10. The van der Waals surface area contributed by atoms with E-state index in [0.29, 0.717) is 6.42 Å². The molecule has 1 atom stereocenters. The van der Waals surface area contributed by atoms with Crippen molar-refractivity contribution < 1.29 is 20.8 Å². The first-order chi connectivity index (χ1) is 7.60. The molecule has 6 nitrogen and oxygen atoms in total. The van der Waals surface area contributed by atoms with E-state index in [-0.39, 0.29) is 13.0 Å². The predicted octanol–water partition coefficient (Wildman–Crippen LogP) is 0.703. The number of hydrogen-bond donors (Lipinski definition) is 3. The van der Waals surface area contributed by atoms with Gasteiger partial charge in [-0.1, -0.05) is 0 Å². The molecule has 0 rings (SSSR count). The molecule has 0 saturated carbocycles. The van der Waals surface area contributed by atoms with Crippen LogP contribution in [0.25, 0.3) is 0 Å². The second kappa shape index (κ2) is 6.32. The van der Waals surface area contributed by atoms with Gasteiger partial charge in [0, 0.05) is 0 Å². The van der Waals surface area contributed by atoms with Crippen LogP contribution in [0, 0.1) is 0 Å². The molecule has 0 aromatic heterocycles. The molecule has 6 heteroatoms. The number of carboxylic acids is 1. The van der Waals surface area contributed by atoms with E-state index in [0.717, 1.165) is 0 Å². The Balaban J connectivity index is 4.55. The third-order valence-corrected chi connectivity index (χ3v) is 1.54. The Hall–Kier alpha value is -1.30. The van der Waals surface area contributed by atoms with Crippen LogP contribution in [-0.2, 0) is 9.53 Å². The second-order valence-electron chi connectivity index (χ2n) is 4.30. The molecular weight excluding hydrogens is 212 g/mol. The number of carbonyl (C=O) groups excluding carboxylic acids is 1. The SMILES string of the molecule is [2H]C(CCCN)(NC(=O)OC(C)(C)C)C(=O)O. The zero-order valence-corrected chi connectivity index (χ0v) is 9.87. The number of rotatable bonds is 5. The highest BCUT2D eigenvalue weighted by atomic mass is 16.6. The smallest absolute Gasteiger partial charge is 0.408 e. The Morgan fingerprint density at radius 3 is 2.50 bits per heavy atom. The summed E-state index contributed by atoms with van der Waals surface area (Å²) in [4.78, 5) is 22.3. The molecule has 1 amide bonds. The van der Waals surface area contributed by atoms with Gasteiger partial charge in [-0.2, -0.15) is 0 Å². The fourth-order valence-electron chi connectivity index (χ4n) is 0.929. The lowest BCUT2D eigenvalue weighted by Gasteiger charge is -2.21. The highest BCUT2D eigenvalue weighted by Gasteiger charge is 2.23. The summed E-state index contributed by atoms with van der Waals surface area (Å²) in [5, 5.41) is 10.9. The second-order valence-corrected chi connectivity index (χ2v) is 4.30. The zero-order chi connectivity index (χ0) is 13.7. The quantitative estimate of drug-likeness (QED) is 0.649. The number of alkyl carbamates (subject to hydrolysis) is 1. The fourth-order valence-corrected chi connectivity index (χ4v) is 0.929. The average Bonchev–Trinajstić information content (AvgIpc) is 2.11. The number of carboxylic acid groups (broad SMARTS) is 1. The van der Waals surface area contributed by atoms with Crippen molar-refractivity contribution in [1.29, 1.82) is 0 Å². The first-order valence-electron chi connectivity index (χ1n) is 5.55. The molecule has 0 aliphatic heterocycles. The summed E-state index contributed by atoms with van der Waals surface area (Å²) >= 11 is 0. The number of aliphatic carboxylic acids is 1. The Labute approximate surface area is 96.5 Å². The molecular formula is C10H20N2O4. The van der Waals surface area contributed by atoms with Crippen LogP contribution in [0.1, 0.15) is 35.0 Å². The standard InChI is InChI=1S/C10H20N2O4/c1-10(2,3)16-9(15)12-7(8(13)14)5-4-6-11/h7H,4-6,11H2,1-3H3,(H,12,15)(H,13,14)/i7D. The van der Waals surface area contributed by atoms with Gasteiger partial charge in [-0.3, -0.25) is 0 Å². The Bertz CT molecular complexity index is 291. The maximum atomic E-state index is 11.4. The van der Waals surface area contributed by atoms with Crippen LogP contribution < -0.4 is 11.1 Å². The summed E-state index contributed by atoms with van der Waals surface area (Å²) in [6.07, 6.45) is -0.671. The van der Waals surface area contributed by atoms with E-state index in [1.807, 2.05) is 5.32 Å². The van der Waals surface area contributed by atoms with Gasteiger partial charge in [-0.25, -0.2) is 9.59 Å². The lowest BCUT2D eigenvalue weighted by atomic mass is 10.1. The molecule has 0 aromatic carbocycles. The van der Waals surface area contributed by atoms with Gasteiger partial charge in [0.25, 0.3) is 0 Å². The topological polar surface area (TPSA) is 102 Å². The summed E-state index contributed by atoms with van der Waals surface area (Å²) in [6, 6.07) is -2.10. The Morgan fingerprint density at radius 2 is 2.12 bits per heavy atom. The van der Waals surface area contributed by atoms with Gasteiger partial charge in [0.05, 0.1) is 1.37 Å². The molecule has 0 saturated heterocycles. The first-order valence-corrected chi connectivity index (χ1v) is 5.05. The van der Waals surface area contributed by atoms with E-state index in [4.69, 9.17) is 16.9 Å². The number of hydrogen-bond acceptors (Lipinski definition) is 4. The largest absolute Gasteiger partial charge is 0.480 e. The van der Waals surface area contributed by atoms with E-state index in [1.54, 1.807) is 20.8 Å². The van der Waals surface area contributed by atoms with E-state index >= 15 is 0 Å². The lowest BCUT2D eigenvalue weighted by Crippen LogP contribution is -2.43. The molecule has 1 unspecified atom stereocenters. The summed E-state index contributed by atoms with van der Waals surface area (Å²) < 4.78 is 12.5. The first kappa shape index (κ1) is 12.8. The van der Waals surface area contributed by atoms with Crippen LogP contribution in [0.5, 0.6) is 0 Å². The van der Waals surface area contributed by atoms with Crippen LogP contribution in [0.4, 0.5) is 4.79 Å². The normalized spacial score (nSPS) is 15.9. The molecule has 0 bridgehead atoms. The van der Waals surface area contributed by atoms with Gasteiger partial charge in [0.15, 0.2) is 0 Å². The van der Waals surface area contributed by atoms with Crippen molar-refractivity contribution in [1.82, 2.24) is 5.32 Å². The van der Waals surface area contributed by atoms with Crippen molar-refractivity contribution in [2.75, 3.05) is 6.54 Å². The monoisotopic (exact) mass is 233 g/mol. The van der Waals surface area contributed by atoms with Crippen molar-refractivity contribution in [3.63, 3.8) is 0 Å². The van der Waals surface area contributed by atoms with E-state index in [1.165, 1.54) is 0 Å². The highest BCUT2D eigenvalue weighted by molar-refractivity contribution is 5.79. The molecule has 0 aliphatic rings. The highest BCUT2D eigenvalue weighted by Crippen LogP contribution is 2.07.